The number of nitrogens with one attached hydrogen (secondary N) is 2. The Morgan fingerprint density at radius 2 is 1.97 bits per heavy atom. The quantitative estimate of drug-likeness (QED) is 0.302. The number of carbonyl (C=O) groups is 3. The van der Waals surface area contributed by atoms with Crippen molar-refractivity contribution >= 4 is 39.3 Å². The molecule has 3 unspecified atom stereocenters. The highest BCUT2D eigenvalue weighted by Gasteiger charge is 2.76. The number of aliphatic hydroxyl groups is 1. The first-order chi connectivity index (χ1) is 16.7. The number of halogens is 1. The summed E-state index contributed by atoms with van der Waals surface area (Å²) in [5.74, 6) is -1.58. The Morgan fingerprint density at radius 1 is 1.26 bits per heavy atom. The molecule has 0 aliphatic carbocycles. The van der Waals surface area contributed by atoms with Gasteiger partial charge in [0.1, 0.15) is 17.4 Å². The van der Waals surface area contributed by atoms with Gasteiger partial charge in [0.05, 0.1) is 24.5 Å². The van der Waals surface area contributed by atoms with E-state index in [-0.39, 0.29) is 35.2 Å². The molecule has 2 bridgehead atoms. The summed E-state index contributed by atoms with van der Waals surface area (Å²) in [5.41, 5.74) is -0.477. The summed E-state index contributed by atoms with van der Waals surface area (Å²) in [4.78, 5) is 42.0. The average molecular weight is 552 g/mol. The molecule has 1 aromatic rings. The molecule has 0 radical (unpaired) electrons. The smallest absolute Gasteiger partial charge is 0.246 e. The fourth-order valence-electron chi connectivity index (χ4n) is 5.75. The molecule has 3 amide bonds. The zero-order chi connectivity index (χ0) is 25.3. The summed E-state index contributed by atoms with van der Waals surface area (Å²) in [6.45, 7) is 6.51. The molecule has 3 saturated heterocycles. The van der Waals surface area contributed by atoms with Gasteiger partial charge in [0.25, 0.3) is 0 Å². The Kier molecular flexibility index (Phi) is 7.73. The normalized spacial score (nSPS) is 31.1. The van der Waals surface area contributed by atoms with Gasteiger partial charge in [-0.2, -0.15) is 0 Å². The highest BCUT2D eigenvalue weighted by atomic mass is 79.9. The monoisotopic (exact) mass is 551 g/mol. The molecule has 3 N–H and O–H groups in total. The highest BCUT2D eigenvalue weighted by molar-refractivity contribution is 9.09. The zero-order valence-electron chi connectivity index (χ0n) is 20.3. The molecule has 1 aromatic carbocycles. The minimum atomic E-state index is -1.07. The van der Waals surface area contributed by atoms with Crippen molar-refractivity contribution in [2.75, 3.05) is 25.1 Å². The van der Waals surface area contributed by atoms with Crippen LogP contribution in [0.15, 0.2) is 24.3 Å². The van der Waals surface area contributed by atoms with E-state index in [0.29, 0.717) is 43.9 Å². The molecule has 3 heterocycles. The zero-order valence-corrected chi connectivity index (χ0v) is 21.9. The first-order valence-corrected chi connectivity index (χ1v) is 13.2. The summed E-state index contributed by atoms with van der Waals surface area (Å²) >= 11 is 3.66. The van der Waals surface area contributed by atoms with Crippen LogP contribution in [0.25, 0.3) is 0 Å². The van der Waals surface area contributed by atoms with Crippen LogP contribution in [0.5, 0.6) is 5.75 Å². The van der Waals surface area contributed by atoms with Crippen molar-refractivity contribution < 1.29 is 29.0 Å². The lowest BCUT2D eigenvalue weighted by atomic mass is 9.70. The number of nitrogens with zero attached hydrogens (tertiary/aromatic N) is 1. The Hall–Kier alpha value is -2.17. The molecule has 35 heavy (non-hydrogen) atoms. The summed E-state index contributed by atoms with van der Waals surface area (Å²) in [5, 5.41) is 15.1. The number of carbonyl (C=O) groups excluding carboxylic acids is 3. The number of hydrogen-bond donors (Lipinski definition) is 3. The van der Waals surface area contributed by atoms with Crippen LogP contribution in [0.1, 0.15) is 40.0 Å². The lowest BCUT2D eigenvalue weighted by molar-refractivity contribution is -0.141. The standard InChI is InChI=1S/C25H34BrN3O6/c1-4-34-16-9-7-15(8-10-16)28-22(31)18-19-24(33)29(11-5-6-12-30)21(23(32)27-14(2)3)25(19)13-17(26)20(18)35-25/h7-10,14,17-21,30H,4-6,11-13H2,1-3H3,(H,27,32)(H,28,31)/t17?,18-,19-,20-,21?,25?/m0/s1. The number of benzene rings is 1. The number of hydrogen-bond acceptors (Lipinski definition) is 6. The molecule has 10 heteroatoms. The van der Waals surface area contributed by atoms with Gasteiger partial charge in [-0.3, -0.25) is 14.4 Å². The average Bonchev–Trinajstić information content (AvgIpc) is 3.38. The van der Waals surface area contributed by atoms with Gasteiger partial charge in [0.2, 0.25) is 17.7 Å². The van der Waals surface area contributed by atoms with Crippen molar-refractivity contribution in [2.24, 2.45) is 11.8 Å². The van der Waals surface area contributed by atoms with Crippen LogP contribution in [0, 0.1) is 11.8 Å². The minimum absolute atomic E-state index is 0.00856. The summed E-state index contributed by atoms with van der Waals surface area (Å²) in [6, 6.07) is 6.14. The van der Waals surface area contributed by atoms with Crippen molar-refractivity contribution in [3.8, 4) is 5.75 Å². The van der Waals surface area contributed by atoms with E-state index >= 15 is 0 Å². The molecule has 9 nitrogen and oxygen atoms in total. The van der Waals surface area contributed by atoms with Crippen molar-refractivity contribution in [1.82, 2.24) is 10.2 Å². The van der Waals surface area contributed by atoms with Gasteiger partial charge in [-0.15, -0.1) is 0 Å². The molecule has 1 spiro atoms. The van der Waals surface area contributed by atoms with E-state index in [4.69, 9.17) is 9.47 Å². The molecule has 4 rings (SSSR count). The first kappa shape index (κ1) is 25.9. The molecular weight excluding hydrogens is 518 g/mol. The Balaban J connectivity index is 1.62. The molecule has 3 fully saturated rings. The maximum absolute atomic E-state index is 13.7. The fraction of sp³-hybridized carbons (Fsp3) is 0.640. The predicted octanol–water partition coefficient (Wildman–Crippen LogP) is 2.07. The fourth-order valence-corrected chi connectivity index (χ4v) is 6.70. The molecule has 3 aliphatic heterocycles. The Morgan fingerprint density at radius 3 is 2.60 bits per heavy atom. The molecule has 3 aliphatic rings. The number of fused-ring (bicyclic) bond motifs is 1. The molecule has 0 saturated carbocycles. The Bertz CT molecular complexity index is 957. The Labute approximate surface area is 214 Å². The molecule has 192 valence electrons. The number of unbranched alkanes of at least 4 members (excludes halogenated alkanes) is 1. The third-order valence-corrected chi connectivity index (χ3v) is 7.86. The highest BCUT2D eigenvalue weighted by Crippen LogP contribution is 2.60. The van der Waals surface area contributed by atoms with Crippen LogP contribution in [0.3, 0.4) is 0 Å². The second-order valence-electron chi connectivity index (χ2n) is 9.74. The maximum Gasteiger partial charge on any atom is 0.246 e. The number of ether oxygens (including phenoxy) is 2. The predicted molar refractivity (Wildman–Crippen MR) is 133 cm³/mol. The van der Waals surface area contributed by atoms with Crippen LogP contribution in [0.4, 0.5) is 5.69 Å². The van der Waals surface area contributed by atoms with Crippen molar-refractivity contribution in [1.29, 1.82) is 0 Å². The molecule has 0 aromatic heterocycles. The van der Waals surface area contributed by atoms with E-state index in [9.17, 15) is 19.5 Å². The van der Waals surface area contributed by atoms with E-state index in [1.807, 2.05) is 20.8 Å². The second kappa shape index (κ2) is 10.4. The van der Waals surface area contributed by atoms with Gasteiger partial charge in [0, 0.05) is 29.7 Å². The van der Waals surface area contributed by atoms with Gasteiger partial charge < -0.3 is 30.1 Å². The van der Waals surface area contributed by atoms with Crippen LogP contribution in [0.2, 0.25) is 0 Å². The number of amides is 3. The van der Waals surface area contributed by atoms with Crippen LogP contribution in [-0.2, 0) is 19.1 Å². The largest absolute Gasteiger partial charge is 0.494 e. The number of aliphatic hydroxyl groups excluding tert-OH is 1. The van der Waals surface area contributed by atoms with Gasteiger partial charge in [-0.1, -0.05) is 15.9 Å². The summed E-state index contributed by atoms with van der Waals surface area (Å²) in [6.07, 6.45) is 1.03. The van der Waals surface area contributed by atoms with Crippen LogP contribution < -0.4 is 15.4 Å². The van der Waals surface area contributed by atoms with Gasteiger partial charge >= 0.3 is 0 Å². The van der Waals surface area contributed by atoms with Crippen molar-refractivity contribution in [2.45, 2.75) is 68.6 Å². The molecule has 6 atom stereocenters. The second-order valence-corrected chi connectivity index (χ2v) is 10.9. The maximum atomic E-state index is 13.7. The van der Waals surface area contributed by atoms with Crippen molar-refractivity contribution in [3.63, 3.8) is 0 Å². The third kappa shape index (κ3) is 4.68. The van der Waals surface area contributed by atoms with E-state index in [0.717, 1.165) is 0 Å². The number of alkyl halides is 1. The number of anilines is 1. The number of rotatable bonds is 10. The number of likely N-dealkylation sites (tertiary alicyclic amines) is 1. The lowest BCUT2D eigenvalue weighted by Crippen LogP contribution is -2.56. The topological polar surface area (TPSA) is 117 Å². The minimum Gasteiger partial charge on any atom is -0.494 e. The van der Waals surface area contributed by atoms with E-state index in [1.54, 1.807) is 29.2 Å². The van der Waals surface area contributed by atoms with E-state index < -0.39 is 29.6 Å². The van der Waals surface area contributed by atoms with E-state index in [2.05, 4.69) is 26.6 Å². The summed E-state index contributed by atoms with van der Waals surface area (Å²) < 4.78 is 11.9. The van der Waals surface area contributed by atoms with Gasteiger partial charge in [-0.25, -0.2) is 0 Å². The summed E-state index contributed by atoms with van der Waals surface area (Å²) in [7, 11) is 0. The SMILES string of the molecule is CCOc1ccc(NC(=O)[C@H]2[C@H]3C(=O)N(CCCCO)C(C(=O)NC(C)C)C34CC(Br)[C@@H]2O4)cc1. The van der Waals surface area contributed by atoms with Gasteiger partial charge in [-0.05, 0) is 64.3 Å². The molecular formula is C25H34BrN3O6. The van der Waals surface area contributed by atoms with Gasteiger partial charge in [0.15, 0.2) is 0 Å². The van der Waals surface area contributed by atoms with Crippen LogP contribution in [-0.4, -0.2) is 76.1 Å². The lowest BCUT2D eigenvalue weighted by Gasteiger charge is -2.34. The first-order valence-electron chi connectivity index (χ1n) is 12.3. The van der Waals surface area contributed by atoms with E-state index in [1.165, 1.54) is 0 Å². The van der Waals surface area contributed by atoms with Crippen LogP contribution >= 0.6 is 15.9 Å². The van der Waals surface area contributed by atoms with Crippen molar-refractivity contribution in [3.05, 3.63) is 24.3 Å². The third-order valence-electron chi connectivity index (χ3n) is 7.01.